The number of benzene rings is 1. The third kappa shape index (κ3) is 3.74. The zero-order chi connectivity index (χ0) is 13.8. The molecule has 1 nitrogen and oxygen atoms in total. The van der Waals surface area contributed by atoms with Crippen LogP contribution in [-0.4, -0.2) is 7.05 Å². The lowest BCUT2D eigenvalue weighted by Gasteiger charge is -2.34. The zero-order valence-electron chi connectivity index (χ0n) is 11.8. The average Bonchev–Trinajstić information content (AvgIpc) is 2.44. The van der Waals surface area contributed by atoms with Gasteiger partial charge in [-0.1, -0.05) is 43.9 Å². The van der Waals surface area contributed by atoms with Crippen LogP contribution in [0.4, 0.5) is 0 Å². The normalized spacial score (nSPS) is 25.3. The van der Waals surface area contributed by atoms with Crippen LogP contribution in [0.1, 0.15) is 50.6 Å². The van der Waals surface area contributed by atoms with E-state index in [4.69, 9.17) is 11.6 Å². The Morgan fingerprint density at radius 2 is 2.21 bits per heavy atom. The molecule has 1 fully saturated rings. The fraction of sp³-hybridized carbons (Fsp3) is 0.625. The van der Waals surface area contributed by atoms with Crippen LogP contribution >= 0.6 is 27.5 Å². The molecule has 0 bridgehead atoms. The summed E-state index contributed by atoms with van der Waals surface area (Å²) in [6, 6.07) is 6.77. The highest BCUT2D eigenvalue weighted by Gasteiger charge is 2.28. The number of rotatable bonds is 4. The van der Waals surface area contributed by atoms with E-state index in [-0.39, 0.29) is 0 Å². The van der Waals surface area contributed by atoms with Crippen molar-refractivity contribution in [2.24, 2.45) is 11.8 Å². The van der Waals surface area contributed by atoms with Crippen LogP contribution in [-0.2, 0) is 0 Å². The van der Waals surface area contributed by atoms with Crippen molar-refractivity contribution in [3.05, 3.63) is 33.3 Å². The Balaban J connectivity index is 2.16. The Hall–Kier alpha value is -0.0500. The predicted octanol–water partition coefficient (Wildman–Crippen LogP) is 5.58. The molecule has 0 aliphatic heterocycles. The summed E-state index contributed by atoms with van der Waals surface area (Å²) in [5, 5.41) is 4.31. The van der Waals surface area contributed by atoms with Gasteiger partial charge in [-0.15, -0.1) is 0 Å². The maximum absolute atomic E-state index is 6.24. The molecule has 3 atom stereocenters. The molecule has 1 aliphatic rings. The number of hydrogen-bond donors (Lipinski definition) is 1. The van der Waals surface area contributed by atoms with Gasteiger partial charge >= 0.3 is 0 Å². The van der Waals surface area contributed by atoms with E-state index in [2.05, 4.69) is 53.4 Å². The molecule has 1 aromatic carbocycles. The Morgan fingerprint density at radius 1 is 1.42 bits per heavy atom. The van der Waals surface area contributed by atoms with Crippen LogP contribution in [0.15, 0.2) is 22.7 Å². The molecule has 0 spiro atoms. The van der Waals surface area contributed by atoms with Gasteiger partial charge < -0.3 is 5.32 Å². The molecule has 0 aromatic heterocycles. The second kappa shape index (κ2) is 7.10. The highest BCUT2D eigenvalue weighted by Crippen LogP contribution is 2.39. The maximum atomic E-state index is 6.24. The van der Waals surface area contributed by atoms with E-state index in [0.29, 0.717) is 6.04 Å². The molecule has 0 saturated heterocycles. The fourth-order valence-electron chi connectivity index (χ4n) is 3.39. The second-order valence-corrected chi connectivity index (χ2v) is 6.90. The monoisotopic (exact) mass is 343 g/mol. The molecular weight excluding hydrogens is 322 g/mol. The van der Waals surface area contributed by atoms with E-state index < -0.39 is 0 Å². The predicted molar refractivity (Wildman–Crippen MR) is 86.7 cm³/mol. The van der Waals surface area contributed by atoms with E-state index in [1.54, 1.807) is 0 Å². The van der Waals surface area contributed by atoms with E-state index in [9.17, 15) is 0 Å². The Labute approximate surface area is 130 Å². The summed E-state index contributed by atoms with van der Waals surface area (Å²) >= 11 is 9.70. The van der Waals surface area contributed by atoms with Crippen molar-refractivity contribution in [1.82, 2.24) is 5.32 Å². The molecule has 1 aliphatic carbocycles. The average molecular weight is 345 g/mol. The minimum absolute atomic E-state index is 0.431. The van der Waals surface area contributed by atoms with Gasteiger partial charge in [0.05, 0.1) is 5.02 Å². The van der Waals surface area contributed by atoms with E-state index in [1.807, 2.05) is 0 Å². The third-order valence-electron chi connectivity index (χ3n) is 4.49. The molecule has 19 heavy (non-hydrogen) atoms. The molecule has 0 radical (unpaired) electrons. The minimum Gasteiger partial charge on any atom is -0.313 e. The fourth-order valence-corrected chi connectivity index (χ4v) is 3.82. The van der Waals surface area contributed by atoms with Crippen molar-refractivity contribution >= 4 is 27.5 Å². The first-order chi connectivity index (χ1) is 9.15. The Morgan fingerprint density at radius 3 is 2.84 bits per heavy atom. The highest BCUT2D eigenvalue weighted by atomic mass is 79.9. The molecule has 3 heteroatoms. The zero-order valence-corrected chi connectivity index (χ0v) is 14.1. The summed E-state index contributed by atoms with van der Waals surface area (Å²) in [5.74, 6) is 1.64. The molecule has 0 amide bonds. The van der Waals surface area contributed by atoms with E-state index in [0.717, 1.165) is 21.3 Å². The van der Waals surface area contributed by atoms with Crippen LogP contribution in [0.3, 0.4) is 0 Å². The summed E-state index contributed by atoms with van der Waals surface area (Å²) in [5.41, 5.74) is 1.32. The first-order valence-electron chi connectivity index (χ1n) is 7.28. The Bertz CT molecular complexity index is 421. The van der Waals surface area contributed by atoms with Crippen LogP contribution in [0, 0.1) is 11.8 Å². The summed E-state index contributed by atoms with van der Waals surface area (Å²) in [4.78, 5) is 0. The van der Waals surface area contributed by atoms with Gasteiger partial charge in [0.1, 0.15) is 0 Å². The molecule has 3 unspecified atom stereocenters. The number of nitrogens with one attached hydrogen (secondary N) is 1. The van der Waals surface area contributed by atoms with E-state index in [1.165, 1.54) is 37.7 Å². The summed E-state index contributed by atoms with van der Waals surface area (Å²) in [7, 11) is 2.07. The number of hydrogen-bond acceptors (Lipinski definition) is 1. The molecular formula is C16H23BrClN. The topological polar surface area (TPSA) is 12.0 Å². The smallest absolute Gasteiger partial charge is 0.0551 e. The summed E-state index contributed by atoms with van der Waals surface area (Å²) in [6.07, 6.45) is 6.76. The van der Waals surface area contributed by atoms with Crippen molar-refractivity contribution in [3.8, 4) is 0 Å². The van der Waals surface area contributed by atoms with Crippen LogP contribution in [0.5, 0.6) is 0 Å². The third-order valence-corrected chi connectivity index (χ3v) is 5.72. The van der Waals surface area contributed by atoms with Crippen molar-refractivity contribution in [2.75, 3.05) is 7.05 Å². The standard InChI is InChI=1S/C16H23BrClN/c1-3-11-5-4-6-12(9-11)16(19-2)13-7-8-14(17)15(18)10-13/h7-8,10-12,16,19H,3-6,9H2,1-2H3. The molecule has 2 rings (SSSR count). The lowest BCUT2D eigenvalue weighted by atomic mass is 9.75. The summed E-state index contributed by atoms with van der Waals surface area (Å²) < 4.78 is 0.975. The lowest BCUT2D eigenvalue weighted by Crippen LogP contribution is -2.29. The van der Waals surface area contributed by atoms with Gasteiger partial charge in [0.25, 0.3) is 0 Å². The van der Waals surface area contributed by atoms with Gasteiger partial charge in [-0.05, 0) is 65.4 Å². The molecule has 1 N–H and O–H groups in total. The minimum atomic E-state index is 0.431. The van der Waals surface area contributed by atoms with Crippen LogP contribution in [0.25, 0.3) is 0 Å². The van der Waals surface area contributed by atoms with Gasteiger partial charge in [-0.2, -0.15) is 0 Å². The first kappa shape index (κ1) is 15.3. The van der Waals surface area contributed by atoms with Crippen molar-refractivity contribution < 1.29 is 0 Å². The number of halogens is 2. The van der Waals surface area contributed by atoms with Gasteiger partial charge in [0, 0.05) is 10.5 Å². The summed E-state index contributed by atoms with van der Waals surface area (Å²) in [6.45, 7) is 2.32. The van der Waals surface area contributed by atoms with Crippen LogP contribution < -0.4 is 5.32 Å². The van der Waals surface area contributed by atoms with Gasteiger partial charge in [0.15, 0.2) is 0 Å². The van der Waals surface area contributed by atoms with Gasteiger partial charge in [-0.3, -0.25) is 0 Å². The Kier molecular flexibility index (Phi) is 5.73. The van der Waals surface area contributed by atoms with Crippen LogP contribution in [0.2, 0.25) is 5.02 Å². The van der Waals surface area contributed by atoms with Crippen molar-refractivity contribution in [2.45, 2.75) is 45.1 Å². The van der Waals surface area contributed by atoms with Gasteiger partial charge in [0.2, 0.25) is 0 Å². The molecule has 106 valence electrons. The first-order valence-corrected chi connectivity index (χ1v) is 8.45. The largest absolute Gasteiger partial charge is 0.313 e. The second-order valence-electron chi connectivity index (χ2n) is 5.64. The van der Waals surface area contributed by atoms with Gasteiger partial charge in [-0.25, -0.2) is 0 Å². The molecule has 1 aromatic rings. The highest BCUT2D eigenvalue weighted by molar-refractivity contribution is 9.10. The SMILES string of the molecule is CCC1CCCC(C(NC)c2ccc(Br)c(Cl)c2)C1. The lowest BCUT2D eigenvalue weighted by molar-refractivity contribution is 0.214. The molecule has 1 saturated carbocycles. The van der Waals surface area contributed by atoms with Crippen molar-refractivity contribution in [1.29, 1.82) is 0 Å². The quantitative estimate of drug-likeness (QED) is 0.752. The molecule has 0 heterocycles. The van der Waals surface area contributed by atoms with E-state index >= 15 is 0 Å². The maximum Gasteiger partial charge on any atom is 0.0551 e. The van der Waals surface area contributed by atoms with Crippen molar-refractivity contribution in [3.63, 3.8) is 0 Å².